The van der Waals surface area contributed by atoms with Crippen LogP contribution in [0.5, 0.6) is 0 Å². The fourth-order valence-electron chi connectivity index (χ4n) is 2.67. The lowest BCUT2D eigenvalue weighted by Crippen LogP contribution is -2.44. The molecule has 24 heavy (non-hydrogen) atoms. The number of nitrogens with one attached hydrogen (secondary N) is 1. The second-order valence-corrected chi connectivity index (χ2v) is 6.50. The van der Waals surface area contributed by atoms with Gasteiger partial charge in [-0.25, -0.2) is 0 Å². The Morgan fingerprint density at radius 3 is 2.54 bits per heavy atom. The second kappa shape index (κ2) is 7.59. The van der Waals surface area contributed by atoms with Gasteiger partial charge in [0.05, 0.1) is 5.60 Å². The summed E-state index contributed by atoms with van der Waals surface area (Å²) in [4.78, 5) is 14.8. The van der Waals surface area contributed by atoms with E-state index >= 15 is 0 Å². The van der Waals surface area contributed by atoms with Crippen molar-refractivity contribution < 1.29 is 14.4 Å². The number of benzene rings is 1. The van der Waals surface area contributed by atoms with E-state index in [-0.39, 0.29) is 5.91 Å². The van der Waals surface area contributed by atoms with Gasteiger partial charge in [-0.15, -0.1) is 0 Å². The zero-order valence-electron chi connectivity index (χ0n) is 14.6. The molecule has 2 N–H and O–H groups in total. The van der Waals surface area contributed by atoms with E-state index in [1.165, 1.54) is 0 Å². The first-order valence-corrected chi connectivity index (χ1v) is 8.05. The smallest absolute Gasteiger partial charge is 0.247 e. The Bertz CT molecular complexity index is 662. The quantitative estimate of drug-likeness (QED) is 0.815. The van der Waals surface area contributed by atoms with E-state index in [2.05, 4.69) is 10.5 Å². The minimum absolute atomic E-state index is 0.208. The highest BCUT2D eigenvalue weighted by molar-refractivity contribution is 5.94. The molecule has 1 heterocycles. The van der Waals surface area contributed by atoms with Gasteiger partial charge < -0.3 is 14.9 Å². The molecular formula is C18H25N3O3. The van der Waals surface area contributed by atoms with E-state index in [1.54, 1.807) is 26.8 Å². The van der Waals surface area contributed by atoms with E-state index < -0.39 is 11.6 Å². The number of rotatable bonds is 7. The van der Waals surface area contributed by atoms with E-state index in [9.17, 15) is 9.90 Å². The van der Waals surface area contributed by atoms with Crippen molar-refractivity contribution in [2.45, 2.75) is 39.3 Å². The van der Waals surface area contributed by atoms with Crippen LogP contribution in [0.4, 0.5) is 5.82 Å². The van der Waals surface area contributed by atoms with Crippen molar-refractivity contribution in [2.75, 3.05) is 18.4 Å². The lowest BCUT2D eigenvalue weighted by Gasteiger charge is -2.34. The Labute approximate surface area is 142 Å². The molecule has 0 radical (unpaired) electrons. The minimum Gasteiger partial charge on any atom is -0.389 e. The summed E-state index contributed by atoms with van der Waals surface area (Å²) in [5, 5.41) is 16.8. The SMILES string of the molecule is CCN(CC(C)(C)O)C(C(=O)Nc1cc(C)on1)c1ccccc1. The van der Waals surface area contributed by atoms with Crippen molar-refractivity contribution in [1.82, 2.24) is 10.1 Å². The van der Waals surface area contributed by atoms with Crippen LogP contribution in [0.1, 0.15) is 38.1 Å². The summed E-state index contributed by atoms with van der Waals surface area (Å²) < 4.78 is 5.00. The summed E-state index contributed by atoms with van der Waals surface area (Å²) in [6.45, 7) is 8.19. The fourth-order valence-corrected chi connectivity index (χ4v) is 2.67. The van der Waals surface area contributed by atoms with Gasteiger partial charge in [0, 0.05) is 12.6 Å². The van der Waals surface area contributed by atoms with Gasteiger partial charge in [-0.1, -0.05) is 42.4 Å². The van der Waals surface area contributed by atoms with Crippen molar-refractivity contribution in [3.63, 3.8) is 0 Å². The molecule has 130 valence electrons. The molecule has 0 bridgehead atoms. The van der Waals surface area contributed by atoms with Gasteiger partial charge in [0.1, 0.15) is 11.8 Å². The Kier molecular flexibility index (Phi) is 5.75. The number of carbonyl (C=O) groups excluding carboxylic acids is 1. The zero-order valence-corrected chi connectivity index (χ0v) is 14.6. The van der Waals surface area contributed by atoms with Crippen LogP contribution < -0.4 is 5.32 Å². The molecule has 1 amide bonds. The van der Waals surface area contributed by atoms with E-state index in [1.807, 2.05) is 42.2 Å². The monoisotopic (exact) mass is 331 g/mol. The number of hydrogen-bond donors (Lipinski definition) is 2. The van der Waals surface area contributed by atoms with E-state index in [0.717, 1.165) is 5.56 Å². The number of likely N-dealkylation sites (N-methyl/N-ethyl adjacent to an activating group) is 1. The van der Waals surface area contributed by atoms with Gasteiger partial charge >= 0.3 is 0 Å². The maximum atomic E-state index is 12.9. The molecule has 1 unspecified atom stereocenters. The van der Waals surface area contributed by atoms with Crippen LogP contribution >= 0.6 is 0 Å². The predicted molar refractivity (Wildman–Crippen MR) is 92.6 cm³/mol. The summed E-state index contributed by atoms with van der Waals surface area (Å²) in [6.07, 6.45) is 0. The first-order chi connectivity index (χ1) is 11.3. The second-order valence-electron chi connectivity index (χ2n) is 6.50. The average Bonchev–Trinajstić information content (AvgIpc) is 2.91. The average molecular weight is 331 g/mol. The third-order valence-corrected chi connectivity index (χ3v) is 3.60. The molecule has 0 aliphatic heterocycles. The largest absolute Gasteiger partial charge is 0.389 e. The molecule has 1 aromatic heterocycles. The minimum atomic E-state index is -0.909. The van der Waals surface area contributed by atoms with Crippen molar-refractivity contribution in [3.05, 3.63) is 47.7 Å². The number of hydrogen-bond acceptors (Lipinski definition) is 5. The topological polar surface area (TPSA) is 78.6 Å². The number of nitrogens with zero attached hydrogens (tertiary/aromatic N) is 2. The summed E-state index contributed by atoms with van der Waals surface area (Å²) in [7, 11) is 0. The van der Waals surface area contributed by atoms with Crippen LogP contribution in [0.2, 0.25) is 0 Å². The Morgan fingerprint density at radius 2 is 2.04 bits per heavy atom. The van der Waals surface area contributed by atoms with Crippen LogP contribution in [0.15, 0.2) is 40.9 Å². The predicted octanol–water partition coefficient (Wildman–Crippen LogP) is 2.76. The van der Waals surface area contributed by atoms with Gasteiger partial charge in [0.25, 0.3) is 0 Å². The Hall–Kier alpha value is -2.18. The summed E-state index contributed by atoms with van der Waals surface area (Å²) >= 11 is 0. The molecule has 2 rings (SSSR count). The van der Waals surface area contributed by atoms with Crippen molar-refractivity contribution in [2.24, 2.45) is 0 Å². The number of anilines is 1. The zero-order chi connectivity index (χ0) is 17.7. The van der Waals surface area contributed by atoms with Crippen LogP contribution in [0, 0.1) is 6.92 Å². The number of aryl methyl sites for hydroxylation is 1. The van der Waals surface area contributed by atoms with Gasteiger partial charge in [0.2, 0.25) is 5.91 Å². The molecular weight excluding hydrogens is 306 g/mol. The number of carbonyl (C=O) groups is 1. The normalized spacial score (nSPS) is 13.1. The first-order valence-electron chi connectivity index (χ1n) is 8.05. The third kappa shape index (κ3) is 4.91. The summed E-state index contributed by atoms with van der Waals surface area (Å²) in [5.74, 6) is 0.809. The molecule has 0 spiro atoms. The molecule has 6 heteroatoms. The van der Waals surface area contributed by atoms with Gasteiger partial charge in [-0.3, -0.25) is 9.69 Å². The lowest BCUT2D eigenvalue weighted by molar-refractivity contribution is -0.122. The van der Waals surface area contributed by atoms with Crippen LogP contribution in [0.25, 0.3) is 0 Å². The number of aliphatic hydroxyl groups is 1. The Morgan fingerprint density at radius 1 is 1.38 bits per heavy atom. The van der Waals surface area contributed by atoms with Crippen molar-refractivity contribution in [3.8, 4) is 0 Å². The van der Waals surface area contributed by atoms with Crippen LogP contribution in [-0.4, -0.2) is 39.8 Å². The molecule has 0 saturated heterocycles. The molecule has 2 aromatic rings. The molecule has 0 aliphatic rings. The summed E-state index contributed by atoms with van der Waals surface area (Å²) in [5.41, 5.74) is -0.0466. The van der Waals surface area contributed by atoms with E-state index in [0.29, 0.717) is 24.7 Å². The summed E-state index contributed by atoms with van der Waals surface area (Å²) in [6, 6.07) is 10.7. The Balaban J connectivity index is 2.29. The number of amides is 1. The third-order valence-electron chi connectivity index (χ3n) is 3.60. The first kappa shape index (κ1) is 18.2. The van der Waals surface area contributed by atoms with Gasteiger partial charge in [0.15, 0.2) is 5.82 Å². The van der Waals surface area contributed by atoms with Crippen molar-refractivity contribution >= 4 is 11.7 Å². The van der Waals surface area contributed by atoms with Crippen molar-refractivity contribution in [1.29, 1.82) is 0 Å². The molecule has 6 nitrogen and oxygen atoms in total. The number of aromatic nitrogens is 1. The molecule has 0 fully saturated rings. The highest BCUT2D eigenvalue weighted by Crippen LogP contribution is 2.24. The van der Waals surface area contributed by atoms with Crippen LogP contribution in [-0.2, 0) is 4.79 Å². The van der Waals surface area contributed by atoms with E-state index in [4.69, 9.17) is 4.52 Å². The molecule has 1 atom stereocenters. The molecule has 1 aromatic carbocycles. The molecule has 0 saturated carbocycles. The van der Waals surface area contributed by atoms with Gasteiger partial charge in [-0.05, 0) is 32.9 Å². The highest BCUT2D eigenvalue weighted by Gasteiger charge is 2.30. The van der Waals surface area contributed by atoms with Gasteiger partial charge in [-0.2, -0.15) is 0 Å². The lowest BCUT2D eigenvalue weighted by atomic mass is 10.0. The highest BCUT2D eigenvalue weighted by atomic mass is 16.5. The van der Waals surface area contributed by atoms with Crippen LogP contribution in [0.3, 0.4) is 0 Å². The maximum absolute atomic E-state index is 12.9. The fraction of sp³-hybridized carbons (Fsp3) is 0.444. The molecule has 0 aliphatic carbocycles. The standard InChI is InChI=1S/C18H25N3O3/c1-5-21(12-18(3,4)23)16(14-9-7-6-8-10-14)17(22)19-15-11-13(2)24-20-15/h6-11,16,23H,5,12H2,1-4H3,(H,19,20,22). The maximum Gasteiger partial charge on any atom is 0.247 e.